The van der Waals surface area contributed by atoms with Crippen LogP contribution in [0.4, 0.5) is 0 Å². The summed E-state index contributed by atoms with van der Waals surface area (Å²) >= 11 is 0. The lowest BCUT2D eigenvalue weighted by molar-refractivity contribution is -0.903. The zero-order valence-electron chi connectivity index (χ0n) is 21.7. The molecule has 37 heavy (non-hydrogen) atoms. The van der Waals surface area contributed by atoms with E-state index in [9.17, 15) is 23.1 Å². The fourth-order valence-electron chi connectivity index (χ4n) is 3.89. The fourth-order valence-corrected chi connectivity index (χ4v) is 4.39. The molecule has 0 aliphatic heterocycles. The first kappa shape index (κ1) is 30.2. The van der Waals surface area contributed by atoms with Crippen LogP contribution in [-0.2, 0) is 26.1 Å². The largest absolute Gasteiger partial charge is 0.504 e. The Labute approximate surface area is 217 Å². The highest BCUT2D eigenvalue weighted by molar-refractivity contribution is 7.85. The maximum atomic E-state index is 13.6. The van der Waals surface area contributed by atoms with E-state index >= 15 is 0 Å². The summed E-state index contributed by atoms with van der Waals surface area (Å²) in [6, 6.07) is 9.37. The normalized spacial score (nSPS) is 12.0. The van der Waals surface area contributed by atoms with E-state index in [1.54, 1.807) is 18.2 Å². The SMILES string of the molecule is COc1cc(C[N+](C)(C)CCCS(=O)(=O)O)cc(C(=O)c2ccccc2C(=O)NCC(OC)OC)c1O. The van der Waals surface area contributed by atoms with Crippen LogP contribution in [0.25, 0.3) is 0 Å². The molecule has 0 radical (unpaired) electrons. The number of aromatic hydroxyl groups is 1. The minimum absolute atomic E-state index is 0.0424. The lowest BCUT2D eigenvalue weighted by Crippen LogP contribution is -2.40. The number of carbonyl (C=O) groups excluding carboxylic acids is 2. The summed E-state index contributed by atoms with van der Waals surface area (Å²) in [7, 11) is 3.93. The molecule has 0 fully saturated rings. The number of quaternary nitrogens is 1. The minimum Gasteiger partial charge on any atom is -0.504 e. The zero-order valence-corrected chi connectivity index (χ0v) is 22.5. The van der Waals surface area contributed by atoms with Crippen LogP contribution in [0.2, 0.25) is 0 Å². The van der Waals surface area contributed by atoms with Crippen LogP contribution in [0, 0.1) is 0 Å². The third-order valence-corrected chi connectivity index (χ3v) is 6.55. The third-order valence-electron chi connectivity index (χ3n) is 5.75. The molecule has 0 aromatic heterocycles. The topological polar surface area (TPSA) is 148 Å². The van der Waals surface area contributed by atoms with E-state index in [4.69, 9.17) is 18.8 Å². The Morgan fingerprint density at radius 1 is 1.03 bits per heavy atom. The van der Waals surface area contributed by atoms with Gasteiger partial charge in [0.2, 0.25) is 0 Å². The summed E-state index contributed by atoms with van der Waals surface area (Å²) in [5.74, 6) is -1.71. The summed E-state index contributed by atoms with van der Waals surface area (Å²) in [5, 5.41) is 13.4. The van der Waals surface area contributed by atoms with Crippen molar-refractivity contribution in [1.29, 1.82) is 0 Å². The summed E-state index contributed by atoms with van der Waals surface area (Å²) in [4.78, 5) is 26.4. The van der Waals surface area contributed by atoms with Crippen molar-refractivity contribution < 1.29 is 46.4 Å². The Morgan fingerprint density at radius 3 is 2.22 bits per heavy atom. The number of nitrogens with one attached hydrogen (secondary N) is 1. The van der Waals surface area contributed by atoms with Gasteiger partial charge in [-0.3, -0.25) is 14.1 Å². The van der Waals surface area contributed by atoms with E-state index in [0.717, 1.165) is 0 Å². The first-order valence-corrected chi connectivity index (χ1v) is 13.1. The van der Waals surface area contributed by atoms with Crippen molar-refractivity contribution in [3.8, 4) is 11.5 Å². The second kappa shape index (κ2) is 13.0. The average Bonchev–Trinajstić information content (AvgIpc) is 2.83. The number of rotatable bonds is 14. The van der Waals surface area contributed by atoms with Gasteiger partial charge in [-0.1, -0.05) is 18.2 Å². The predicted octanol–water partition coefficient (Wildman–Crippen LogP) is 1.83. The molecule has 0 spiro atoms. The van der Waals surface area contributed by atoms with Crippen molar-refractivity contribution in [2.45, 2.75) is 19.3 Å². The van der Waals surface area contributed by atoms with Gasteiger partial charge in [0.25, 0.3) is 16.0 Å². The van der Waals surface area contributed by atoms with E-state index in [1.165, 1.54) is 39.5 Å². The maximum absolute atomic E-state index is 13.6. The van der Waals surface area contributed by atoms with Gasteiger partial charge in [-0.25, -0.2) is 0 Å². The van der Waals surface area contributed by atoms with Crippen molar-refractivity contribution in [2.75, 3.05) is 54.3 Å². The number of nitrogens with zero attached hydrogens (tertiary/aromatic N) is 1. The Balaban J connectivity index is 2.37. The number of hydrogen-bond acceptors (Lipinski definition) is 8. The molecule has 0 saturated heterocycles. The van der Waals surface area contributed by atoms with Gasteiger partial charge >= 0.3 is 0 Å². The van der Waals surface area contributed by atoms with Gasteiger partial charge in [0.1, 0.15) is 6.54 Å². The minimum atomic E-state index is -4.06. The molecule has 0 heterocycles. The maximum Gasteiger partial charge on any atom is 0.265 e. The van der Waals surface area contributed by atoms with E-state index in [2.05, 4.69) is 5.32 Å². The molecule has 2 aromatic rings. The first-order chi connectivity index (χ1) is 17.3. The molecule has 1 amide bonds. The molecule has 0 aliphatic carbocycles. The molecule has 3 N–H and O–H groups in total. The van der Waals surface area contributed by atoms with Crippen LogP contribution in [0.15, 0.2) is 36.4 Å². The molecule has 0 atom stereocenters. The highest BCUT2D eigenvalue weighted by atomic mass is 32.2. The van der Waals surface area contributed by atoms with Crippen LogP contribution in [0.1, 0.15) is 38.3 Å². The Morgan fingerprint density at radius 2 is 1.65 bits per heavy atom. The summed E-state index contributed by atoms with van der Waals surface area (Å²) in [6.07, 6.45) is -0.418. The number of hydrogen-bond donors (Lipinski definition) is 3. The first-order valence-electron chi connectivity index (χ1n) is 11.5. The van der Waals surface area contributed by atoms with E-state index in [-0.39, 0.29) is 46.9 Å². The quantitative estimate of drug-likeness (QED) is 0.141. The predicted molar refractivity (Wildman–Crippen MR) is 136 cm³/mol. The number of methoxy groups -OCH3 is 3. The Bertz CT molecular complexity index is 1210. The monoisotopic (exact) mass is 539 g/mol. The van der Waals surface area contributed by atoms with Crippen molar-refractivity contribution in [1.82, 2.24) is 5.32 Å². The van der Waals surface area contributed by atoms with Crippen LogP contribution in [0.5, 0.6) is 11.5 Å². The summed E-state index contributed by atoms with van der Waals surface area (Å²) in [6.45, 7) is 0.868. The molecular weight excluding hydrogens is 504 g/mol. The van der Waals surface area contributed by atoms with E-state index in [1.807, 2.05) is 14.1 Å². The number of carbonyl (C=O) groups is 2. The Hall–Kier alpha value is -3.03. The van der Waals surface area contributed by atoms with E-state index in [0.29, 0.717) is 23.1 Å². The highest BCUT2D eigenvalue weighted by Gasteiger charge is 2.25. The molecule has 0 unspecified atom stereocenters. The molecule has 2 rings (SSSR count). The number of phenols is 1. The highest BCUT2D eigenvalue weighted by Crippen LogP contribution is 2.34. The summed E-state index contributed by atoms with van der Waals surface area (Å²) < 4.78 is 46.9. The number of amides is 1. The van der Waals surface area contributed by atoms with Crippen molar-refractivity contribution in [2.24, 2.45) is 0 Å². The van der Waals surface area contributed by atoms with Crippen LogP contribution < -0.4 is 10.1 Å². The van der Waals surface area contributed by atoms with Crippen LogP contribution in [-0.4, -0.2) is 94.8 Å². The number of ketones is 1. The van der Waals surface area contributed by atoms with Crippen LogP contribution in [0.3, 0.4) is 0 Å². The number of phenolic OH excluding ortho intramolecular Hbond substituents is 1. The van der Waals surface area contributed by atoms with Crippen LogP contribution >= 0.6 is 0 Å². The molecule has 0 saturated carbocycles. The second-order valence-corrected chi connectivity index (χ2v) is 10.7. The lowest BCUT2D eigenvalue weighted by atomic mass is 9.95. The fraction of sp³-hybridized carbons (Fsp3) is 0.440. The van der Waals surface area contributed by atoms with Crippen molar-refractivity contribution >= 4 is 21.8 Å². The number of ether oxygens (including phenoxy) is 3. The molecule has 204 valence electrons. The Kier molecular flexibility index (Phi) is 10.6. The molecular formula is C25H35N2O9S+. The zero-order chi connectivity index (χ0) is 27.8. The van der Waals surface area contributed by atoms with Gasteiger partial charge < -0.3 is 29.1 Å². The van der Waals surface area contributed by atoms with Gasteiger partial charge in [0, 0.05) is 31.8 Å². The lowest BCUT2D eigenvalue weighted by Gasteiger charge is -2.30. The van der Waals surface area contributed by atoms with Gasteiger partial charge in [0.15, 0.2) is 23.6 Å². The second-order valence-electron chi connectivity index (χ2n) is 9.14. The molecule has 12 heteroatoms. The molecule has 11 nitrogen and oxygen atoms in total. The van der Waals surface area contributed by atoms with Gasteiger partial charge in [-0.2, -0.15) is 8.42 Å². The smallest absolute Gasteiger partial charge is 0.265 e. The van der Waals surface area contributed by atoms with Crippen molar-refractivity contribution in [3.63, 3.8) is 0 Å². The third kappa shape index (κ3) is 8.79. The van der Waals surface area contributed by atoms with Gasteiger partial charge in [-0.05, 0) is 18.2 Å². The van der Waals surface area contributed by atoms with E-state index < -0.39 is 28.1 Å². The number of benzene rings is 2. The molecule has 0 aliphatic rings. The average molecular weight is 540 g/mol. The standard InChI is InChI=1S/C25H34N2O9S/c1-27(2,11-8-12-37(31,32)33)16-17-13-20(24(29)21(14-17)34-3)23(28)18-9-6-7-10-19(18)25(30)26-15-22(35-4)36-5/h6-7,9-10,13-14,22H,8,11-12,15-16H2,1-5H3,(H2-,26,28,29,30,31,32,33)/p+1. The summed E-state index contributed by atoms with van der Waals surface area (Å²) in [5.41, 5.74) is 0.811. The van der Waals surface area contributed by atoms with Gasteiger partial charge in [0.05, 0.1) is 51.2 Å². The molecule has 2 aromatic carbocycles. The molecule has 0 bridgehead atoms. The van der Waals surface area contributed by atoms with Crippen molar-refractivity contribution in [3.05, 3.63) is 58.7 Å². The van der Waals surface area contributed by atoms with Gasteiger partial charge in [-0.15, -0.1) is 0 Å².